The molecule has 0 bridgehead atoms. The monoisotopic (exact) mass is 237 g/mol. The van der Waals surface area contributed by atoms with Gasteiger partial charge in [0, 0.05) is 13.6 Å². The van der Waals surface area contributed by atoms with Crippen molar-refractivity contribution < 1.29 is 14.6 Å². The van der Waals surface area contributed by atoms with E-state index in [1.165, 1.54) is 0 Å². The van der Waals surface area contributed by atoms with Gasteiger partial charge in [0.15, 0.2) is 0 Å². The Morgan fingerprint density at radius 1 is 1.53 bits per heavy atom. The highest BCUT2D eigenvalue weighted by molar-refractivity contribution is 5.71. The molecule has 1 N–H and O–H groups in total. The Hall–Kier alpha value is -1.71. The van der Waals surface area contributed by atoms with E-state index < -0.39 is 11.9 Å². The predicted molar refractivity (Wildman–Crippen MR) is 67.8 cm³/mol. The molecule has 1 aromatic rings. The largest absolute Gasteiger partial charge is 0.495 e. The maximum absolute atomic E-state index is 10.8. The molecule has 0 saturated carbocycles. The van der Waals surface area contributed by atoms with Gasteiger partial charge in [-0.1, -0.05) is 13.0 Å². The van der Waals surface area contributed by atoms with Crippen molar-refractivity contribution in [3.05, 3.63) is 23.8 Å². The zero-order valence-electron chi connectivity index (χ0n) is 10.7. The zero-order chi connectivity index (χ0) is 13.0. The number of carboxylic acid groups (broad SMARTS) is 1. The van der Waals surface area contributed by atoms with E-state index in [-0.39, 0.29) is 0 Å². The van der Waals surface area contributed by atoms with Crippen LogP contribution in [0.2, 0.25) is 0 Å². The quantitative estimate of drug-likeness (QED) is 0.852. The molecule has 0 radical (unpaired) electrons. The molecule has 1 atom stereocenters. The first-order valence-corrected chi connectivity index (χ1v) is 5.54. The van der Waals surface area contributed by atoms with Crippen molar-refractivity contribution in [2.75, 3.05) is 25.6 Å². The van der Waals surface area contributed by atoms with Gasteiger partial charge in [0.2, 0.25) is 0 Å². The van der Waals surface area contributed by atoms with Crippen molar-refractivity contribution in [2.24, 2.45) is 5.92 Å². The van der Waals surface area contributed by atoms with Crippen LogP contribution in [-0.4, -0.2) is 31.8 Å². The Bertz CT molecular complexity index is 404. The summed E-state index contributed by atoms with van der Waals surface area (Å²) in [6, 6.07) is 5.86. The minimum absolute atomic E-state index is 0.412. The van der Waals surface area contributed by atoms with Gasteiger partial charge in [0.25, 0.3) is 0 Å². The molecule has 0 aliphatic rings. The molecule has 94 valence electrons. The molecule has 4 nitrogen and oxygen atoms in total. The number of aryl methyl sites for hydroxylation is 1. The second-order valence-electron chi connectivity index (χ2n) is 4.30. The van der Waals surface area contributed by atoms with Gasteiger partial charge in [0.1, 0.15) is 5.75 Å². The smallest absolute Gasteiger partial charge is 0.308 e. The minimum atomic E-state index is -0.788. The number of methoxy groups -OCH3 is 1. The van der Waals surface area contributed by atoms with E-state index in [0.717, 1.165) is 17.0 Å². The van der Waals surface area contributed by atoms with Crippen molar-refractivity contribution in [1.29, 1.82) is 0 Å². The SMILES string of the molecule is COc1ccc(C)cc1N(C)CC(C)C(=O)O. The second-order valence-corrected chi connectivity index (χ2v) is 4.30. The molecule has 0 aromatic heterocycles. The maximum Gasteiger partial charge on any atom is 0.308 e. The molecule has 0 fully saturated rings. The van der Waals surface area contributed by atoms with Crippen molar-refractivity contribution in [2.45, 2.75) is 13.8 Å². The Balaban J connectivity index is 2.90. The fourth-order valence-corrected chi connectivity index (χ4v) is 1.69. The molecular weight excluding hydrogens is 218 g/mol. The predicted octanol–water partition coefficient (Wildman–Crippen LogP) is 2.16. The molecule has 1 unspecified atom stereocenters. The van der Waals surface area contributed by atoms with Gasteiger partial charge in [0.05, 0.1) is 18.7 Å². The van der Waals surface area contributed by atoms with E-state index >= 15 is 0 Å². The Morgan fingerprint density at radius 2 is 2.18 bits per heavy atom. The number of hydrogen-bond donors (Lipinski definition) is 1. The third kappa shape index (κ3) is 3.37. The molecule has 0 saturated heterocycles. The third-order valence-corrected chi connectivity index (χ3v) is 2.71. The van der Waals surface area contributed by atoms with Crippen LogP contribution in [0.25, 0.3) is 0 Å². The standard InChI is InChI=1S/C13H19NO3/c1-9-5-6-12(17-4)11(7-9)14(3)8-10(2)13(15)16/h5-7,10H,8H2,1-4H3,(H,15,16). The number of anilines is 1. The number of nitrogens with zero attached hydrogens (tertiary/aromatic N) is 1. The fourth-order valence-electron chi connectivity index (χ4n) is 1.69. The first-order valence-electron chi connectivity index (χ1n) is 5.54. The lowest BCUT2D eigenvalue weighted by Gasteiger charge is -2.23. The lowest BCUT2D eigenvalue weighted by atomic mass is 10.1. The van der Waals surface area contributed by atoms with E-state index in [2.05, 4.69) is 0 Å². The van der Waals surface area contributed by atoms with Crippen LogP contribution < -0.4 is 9.64 Å². The van der Waals surface area contributed by atoms with Gasteiger partial charge in [-0.25, -0.2) is 0 Å². The summed E-state index contributed by atoms with van der Waals surface area (Å²) in [4.78, 5) is 12.7. The number of carbonyl (C=O) groups is 1. The summed E-state index contributed by atoms with van der Waals surface area (Å²) in [6.07, 6.45) is 0. The molecule has 1 rings (SSSR count). The Kier molecular flexibility index (Phi) is 4.37. The molecule has 0 aliphatic carbocycles. The molecule has 0 aliphatic heterocycles. The summed E-state index contributed by atoms with van der Waals surface area (Å²) in [5.41, 5.74) is 2.04. The summed E-state index contributed by atoms with van der Waals surface area (Å²) in [7, 11) is 3.49. The number of aliphatic carboxylic acids is 1. The van der Waals surface area contributed by atoms with Crippen LogP contribution >= 0.6 is 0 Å². The van der Waals surface area contributed by atoms with Crippen LogP contribution in [0, 0.1) is 12.8 Å². The summed E-state index contributed by atoms with van der Waals surface area (Å²) < 4.78 is 5.27. The Labute approximate surface area is 102 Å². The van der Waals surface area contributed by atoms with Crippen molar-refractivity contribution in [3.8, 4) is 5.75 Å². The number of ether oxygens (including phenoxy) is 1. The van der Waals surface area contributed by atoms with E-state index in [1.807, 2.05) is 37.1 Å². The fraction of sp³-hybridized carbons (Fsp3) is 0.462. The molecule has 4 heteroatoms. The highest BCUT2D eigenvalue weighted by Gasteiger charge is 2.16. The second kappa shape index (κ2) is 5.57. The molecule has 0 amide bonds. The van der Waals surface area contributed by atoms with Gasteiger partial charge < -0.3 is 14.7 Å². The third-order valence-electron chi connectivity index (χ3n) is 2.71. The number of benzene rings is 1. The van der Waals surface area contributed by atoms with Crippen LogP contribution in [0.1, 0.15) is 12.5 Å². The summed E-state index contributed by atoms with van der Waals surface area (Å²) in [5, 5.41) is 8.90. The van der Waals surface area contributed by atoms with Crippen LogP contribution in [0.5, 0.6) is 5.75 Å². The van der Waals surface area contributed by atoms with E-state index in [4.69, 9.17) is 9.84 Å². The summed E-state index contributed by atoms with van der Waals surface area (Å²) in [5.74, 6) is -0.440. The van der Waals surface area contributed by atoms with E-state index in [1.54, 1.807) is 14.0 Å². The van der Waals surface area contributed by atoms with Gasteiger partial charge >= 0.3 is 5.97 Å². The highest BCUT2D eigenvalue weighted by Crippen LogP contribution is 2.28. The number of hydrogen-bond acceptors (Lipinski definition) is 3. The van der Waals surface area contributed by atoms with Crippen molar-refractivity contribution in [1.82, 2.24) is 0 Å². The lowest BCUT2D eigenvalue weighted by Crippen LogP contribution is -2.28. The summed E-state index contributed by atoms with van der Waals surface area (Å²) >= 11 is 0. The molecule has 17 heavy (non-hydrogen) atoms. The van der Waals surface area contributed by atoms with Crippen LogP contribution in [-0.2, 0) is 4.79 Å². The van der Waals surface area contributed by atoms with Crippen molar-refractivity contribution >= 4 is 11.7 Å². The maximum atomic E-state index is 10.8. The normalized spacial score (nSPS) is 12.0. The molecule has 0 heterocycles. The zero-order valence-corrected chi connectivity index (χ0v) is 10.7. The van der Waals surface area contributed by atoms with Gasteiger partial charge in [-0.2, -0.15) is 0 Å². The molecular formula is C13H19NO3. The number of rotatable bonds is 5. The van der Waals surface area contributed by atoms with Crippen LogP contribution in [0.3, 0.4) is 0 Å². The topological polar surface area (TPSA) is 49.8 Å². The minimum Gasteiger partial charge on any atom is -0.495 e. The van der Waals surface area contributed by atoms with Gasteiger partial charge in [-0.3, -0.25) is 4.79 Å². The average molecular weight is 237 g/mol. The first-order chi connectivity index (χ1) is 7.95. The van der Waals surface area contributed by atoms with Gasteiger partial charge in [-0.15, -0.1) is 0 Å². The molecule has 1 aromatic carbocycles. The average Bonchev–Trinajstić information content (AvgIpc) is 2.28. The Morgan fingerprint density at radius 3 is 2.71 bits per heavy atom. The molecule has 0 spiro atoms. The van der Waals surface area contributed by atoms with Crippen LogP contribution in [0.15, 0.2) is 18.2 Å². The van der Waals surface area contributed by atoms with E-state index in [0.29, 0.717) is 6.54 Å². The van der Waals surface area contributed by atoms with E-state index in [9.17, 15) is 4.79 Å². The van der Waals surface area contributed by atoms with Gasteiger partial charge in [-0.05, 0) is 24.6 Å². The summed E-state index contributed by atoms with van der Waals surface area (Å²) in [6.45, 7) is 4.15. The van der Waals surface area contributed by atoms with Crippen LogP contribution in [0.4, 0.5) is 5.69 Å². The first kappa shape index (κ1) is 13.4. The highest BCUT2D eigenvalue weighted by atomic mass is 16.5. The van der Waals surface area contributed by atoms with Crippen molar-refractivity contribution in [3.63, 3.8) is 0 Å². The number of carboxylic acids is 1. The lowest BCUT2D eigenvalue weighted by molar-refractivity contribution is -0.140.